The summed E-state index contributed by atoms with van der Waals surface area (Å²) in [5.74, 6) is 0.873. The first-order valence-corrected chi connectivity index (χ1v) is 6.00. The van der Waals surface area contributed by atoms with Crippen LogP contribution < -0.4 is 5.32 Å². The fourth-order valence-corrected chi connectivity index (χ4v) is 2.00. The van der Waals surface area contributed by atoms with Crippen molar-refractivity contribution in [1.82, 2.24) is 4.98 Å². The lowest BCUT2D eigenvalue weighted by molar-refractivity contribution is 1.33. The minimum Gasteiger partial charge on any atom is -0.340 e. The maximum absolute atomic E-state index is 4.43. The van der Waals surface area contributed by atoms with E-state index in [4.69, 9.17) is 0 Å². The molecule has 1 heterocycles. The van der Waals surface area contributed by atoms with Crippen molar-refractivity contribution in [2.45, 2.75) is 6.92 Å². The molecule has 0 aliphatic heterocycles. The third-order valence-corrected chi connectivity index (χ3v) is 2.92. The van der Waals surface area contributed by atoms with Crippen molar-refractivity contribution in [1.29, 1.82) is 0 Å². The van der Waals surface area contributed by atoms with Crippen LogP contribution in [0.2, 0.25) is 0 Å². The number of benzene rings is 2. The monoisotopic (exact) mass is 234 g/mol. The maximum atomic E-state index is 4.43. The second-order valence-corrected chi connectivity index (χ2v) is 4.41. The molecular formula is C16H14N2. The van der Waals surface area contributed by atoms with Crippen molar-refractivity contribution in [2.24, 2.45) is 0 Å². The highest BCUT2D eigenvalue weighted by Gasteiger charge is 1.98. The van der Waals surface area contributed by atoms with Crippen LogP contribution in [0.1, 0.15) is 5.56 Å². The molecule has 1 N–H and O–H groups in total. The minimum atomic E-state index is 0.873. The lowest BCUT2D eigenvalue weighted by atomic mass is 10.1. The largest absolute Gasteiger partial charge is 0.340 e. The van der Waals surface area contributed by atoms with Gasteiger partial charge < -0.3 is 5.32 Å². The fraction of sp³-hybridized carbons (Fsp3) is 0.0625. The number of aryl methyl sites for hydroxylation is 1. The van der Waals surface area contributed by atoms with Gasteiger partial charge in [0, 0.05) is 17.3 Å². The quantitative estimate of drug-likeness (QED) is 0.715. The molecule has 0 unspecified atom stereocenters. The molecule has 0 aliphatic carbocycles. The summed E-state index contributed by atoms with van der Waals surface area (Å²) in [6.45, 7) is 2.09. The zero-order valence-corrected chi connectivity index (χ0v) is 10.2. The second-order valence-electron chi connectivity index (χ2n) is 4.41. The molecule has 18 heavy (non-hydrogen) atoms. The van der Waals surface area contributed by atoms with Crippen LogP contribution in [0.4, 0.5) is 11.5 Å². The number of fused-ring (bicyclic) bond motifs is 1. The summed E-state index contributed by atoms with van der Waals surface area (Å²) in [6, 6.07) is 18.5. The van der Waals surface area contributed by atoms with E-state index in [1.165, 1.54) is 16.3 Å². The van der Waals surface area contributed by atoms with Crippen LogP contribution in [0.25, 0.3) is 10.8 Å². The van der Waals surface area contributed by atoms with Crippen LogP contribution >= 0.6 is 0 Å². The van der Waals surface area contributed by atoms with E-state index in [1.54, 1.807) is 0 Å². The summed E-state index contributed by atoms with van der Waals surface area (Å²) in [6.07, 6.45) is 1.91. The van der Waals surface area contributed by atoms with Gasteiger partial charge in [0.25, 0.3) is 0 Å². The van der Waals surface area contributed by atoms with Crippen molar-refractivity contribution in [2.75, 3.05) is 5.32 Å². The van der Waals surface area contributed by atoms with Crippen molar-refractivity contribution < 1.29 is 0 Å². The van der Waals surface area contributed by atoms with Gasteiger partial charge in [0.2, 0.25) is 0 Å². The third-order valence-electron chi connectivity index (χ3n) is 2.92. The fourth-order valence-electron chi connectivity index (χ4n) is 2.00. The Kier molecular flexibility index (Phi) is 2.69. The van der Waals surface area contributed by atoms with Crippen LogP contribution in [0, 0.1) is 6.92 Å². The number of aromatic nitrogens is 1. The molecule has 0 spiro atoms. The van der Waals surface area contributed by atoms with Gasteiger partial charge in [-0.15, -0.1) is 0 Å². The van der Waals surface area contributed by atoms with Gasteiger partial charge in [-0.25, -0.2) is 4.98 Å². The zero-order valence-electron chi connectivity index (χ0n) is 10.2. The van der Waals surface area contributed by atoms with Gasteiger partial charge in [0.05, 0.1) is 0 Å². The highest BCUT2D eigenvalue weighted by atomic mass is 15.0. The van der Waals surface area contributed by atoms with Gasteiger partial charge >= 0.3 is 0 Å². The van der Waals surface area contributed by atoms with Gasteiger partial charge in [0.1, 0.15) is 5.82 Å². The van der Waals surface area contributed by atoms with E-state index in [2.05, 4.69) is 41.5 Å². The number of nitrogens with zero attached hydrogens (tertiary/aromatic N) is 1. The number of anilines is 2. The summed E-state index contributed by atoms with van der Waals surface area (Å²) < 4.78 is 0. The summed E-state index contributed by atoms with van der Waals surface area (Å²) in [7, 11) is 0. The molecule has 2 heteroatoms. The highest BCUT2D eigenvalue weighted by Crippen LogP contribution is 2.20. The molecule has 3 rings (SSSR count). The summed E-state index contributed by atoms with van der Waals surface area (Å²) in [4.78, 5) is 4.43. The number of nitrogens with one attached hydrogen (secondary N) is 1. The maximum Gasteiger partial charge on any atom is 0.130 e. The first-order chi connectivity index (χ1) is 8.81. The molecule has 1 aromatic heterocycles. The van der Waals surface area contributed by atoms with Crippen LogP contribution in [0.15, 0.2) is 60.8 Å². The molecular weight excluding hydrogens is 220 g/mol. The molecule has 0 bridgehead atoms. The normalized spacial score (nSPS) is 10.5. The van der Waals surface area contributed by atoms with E-state index in [1.807, 2.05) is 36.5 Å². The molecule has 0 aliphatic rings. The molecule has 0 saturated carbocycles. The van der Waals surface area contributed by atoms with Crippen molar-refractivity contribution >= 4 is 22.3 Å². The number of hydrogen-bond donors (Lipinski definition) is 1. The summed E-state index contributed by atoms with van der Waals surface area (Å²) in [5.41, 5.74) is 2.31. The Hall–Kier alpha value is -2.35. The number of pyridine rings is 1. The van der Waals surface area contributed by atoms with E-state index < -0.39 is 0 Å². The molecule has 0 saturated heterocycles. The SMILES string of the molecule is Cc1ccc2cc(Nc3ccccc3)ncc2c1. The number of hydrogen-bond acceptors (Lipinski definition) is 2. The van der Waals surface area contributed by atoms with Gasteiger partial charge in [0.15, 0.2) is 0 Å². The van der Waals surface area contributed by atoms with E-state index in [0.29, 0.717) is 0 Å². The molecule has 2 nitrogen and oxygen atoms in total. The predicted molar refractivity (Wildman–Crippen MR) is 76.2 cm³/mol. The molecule has 0 fully saturated rings. The number of para-hydroxylation sites is 1. The van der Waals surface area contributed by atoms with Gasteiger partial charge in [-0.3, -0.25) is 0 Å². The zero-order chi connectivity index (χ0) is 12.4. The van der Waals surface area contributed by atoms with E-state index in [0.717, 1.165) is 11.5 Å². The molecule has 2 aromatic carbocycles. The highest BCUT2D eigenvalue weighted by molar-refractivity contribution is 5.85. The van der Waals surface area contributed by atoms with Crippen molar-refractivity contribution in [3.63, 3.8) is 0 Å². The smallest absolute Gasteiger partial charge is 0.130 e. The van der Waals surface area contributed by atoms with Gasteiger partial charge in [-0.2, -0.15) is 0 Å². The Balaban J connectivity index is 1.96. The van der Waals surface area contributed by atoms with Crippen molar-refractivity contribution in [3.05, 3.63) is 66.4 Å². The lowest BCUT2D eigenvalue weighted by Crippen LogP contribution is -1.92. The topological polar surface area (TPSA) is 24.9 Å². The molecule has 0 atom stereocenters. The Morgan fingerprint density at radius 1 is 0.889 bits per heavy atom. The van der Waals surface area contributed by atoms with E-state index in [9.17, 15) is 0 Å². The molecule has 0 amide bonds. The van der Waals surface area contributed by atoms with Crippen LogP contribution in [0.5, 0.6) is 0 Å². The summed E-state index contributed by atoms with van der Waals surface area (Å²) >= 11 is 0. The standard InChI is InChI=1S/C16H14N2/c1-12-7-8-13-10-16(17-11-14(13)9-12)18-15-5-3-2-4-6-15/h2-11H,1H3,(H,17,18). The van der Waals surface area contributed by atoms with E-state index >= 15 is 0 Å². The van der Waals surface area contributed by atoms with Crippen molar-refractivity contribution in [3.8, 4) is 0 Å². The average Bonchev–Trinajstić information content (AvgIpc) is 2.40. The Morgan fingerprint density at radius 2 is 1.72 bits per heavy atom. The Labute approximate surface area is 106 Å². The molecule has 88 valence electrons. The first-order valence-electron chi connectivity index (χ1n) is 6.00. The molecule has 3 aromatic rings. The molecule has 0 radical (unpaired) electrons. The summed E-state index contributed by atoms with van der Waals surface area (Å²) in [5, 5.41) is 5.68. The third kappa shape index (κ3) is 2.18. The Morgan fingerprint density at radius 3 is 2.56 bits per heavy atom. The second kappa shape index (κ2) is 4.49. The number of rotatable bonds is 2. The Bertz CT molecular complexity index is 675. The van der Waals surface area contributed by atoms with Crippen LogP contribution in [0.3, 0.4) is 0 Å². The van der Waals surface area contributed by atoms with Gasteiger partial charge in [-0.05, 0) is 36.6 Å². The van der Waals surface area contributed by atoms with Crippen LogP contribution in [-0.2, 0) is 0 Å². The van der Waals surface area contributed by atoms with E-state index in [-0.39, 0.29) is 0 Å². The average molecular weight is 234 g/mol. The first kappa shape index (κ1) is 10.8. The lowest BCUT2D eigenvalue weighted by Gasteiger charge is -2.06. The van der Waals surface area contributed by atoms with Crippen LogP contribution in [-0.4, -0.2) is 4.98 Å². The minimum absolute atomic E-state index is 0.873. The predicted octanol–water partition coefficient (Wildman–Crippen LogP) is 4.29. The van der Waals surface area contributed by atoms with Gasteiger partial charge in [-0.1, -0.05) is 35.9 Å².